The van der Waals surface area contributed by atoms with Crippen LogP contribution in [0.1, 0.15) is 61.6 Å². The Morgan fingerprint density at radius 1 is 0.925 bits per heavy atom. The lowest BCUT2D eigenvalue weighted by molar-refractivity contribution is -0.139. The van der Waals surface area contributed by atoms with Crippen molar-refractivity contribution in [3.63, 3.8) is 0 Å². The fourth-order valence-corrected chi connectivity index (χ4v) is 5.59. The molecule has 0 aromatic heterocycles. The van der Waals surface area contributed by atoms with E-state index in [1.807, 2.05) is 80.6 Å². The molecule has 1 N–H and O–H groups in total. The normalized spacial score (nSPS) is 18.6. The number of allylic oxidation sites excluding steroid dienone is 3. The molecule has 1 heterocycles. The van der Waals surface area contributed by atoms with Crippen LogP contribution in [0.4, 0.5) is 0 Å². The van der Waals surface area contributed by atoms with E-state index in [9.17, 15) is 9.59 Å². The molecule has 0 spiro atoms. The number of ether oxygens (including phenoxy) is 3. The first-order chi connectivity index (χ1) is 19.5. The maximum Gasteiger partial charge on any atom is 0.336 e. The summed E-state index contributed by atoms with van der Waals surface area (Å²) >= 11 is 0. The highest BCUT2D eigenvalue weighted by atomic mass is 16.5. The Morgan fingerprint density at radius 2 is 1.65 bits per heavy atom. The van der Waals surface area contributed by atoms with Crippen molar-refractivity contribution in [2.24, 2.45) is 0 Å². The second kappa shape index (κ2) is 12.2. The lowest BCUT2D eigenvalue weighted by atomic mass is 9.71. The first kappa shape index (κ1) is 27.3. The van der Waals surface area contributed by atoms with E-state index in [0.717, 1.165) is 22.4 Å². The van der Waals surface area contributed by atoms with Crippen molar-refractivity contribution < 1.29 is 23.8 Å². The van der Waals surface area contributed by atoms with Crippen molar-refractivity contribution in [1.29, 1.82) is 0 Å². The first-order valence-electron chi connectivity index (χ1n) is 13.8. The van der Waals surface area contributed by atoms with Crippen LogP contribution in [0.2, 0.25) is 0 Å². The van der Waals surface area contributed by atoms with E-state index in [2.05, 4.69) is 17.4 Å². The summed E-state index contributed by atoms with van der Waals surface area (Å²) in [7, 11) is 1.59. The number of hydrogen-bond donors (Lipinski definition) is 1. The van der Waals surface area contributed by atoms with Gasteiger partial charge in [-0.3, -0.25) is 4.79 Å². The van der Waals surface area contributed by atoms with E-state index in [-0.39, 0.29) is 11.7 Å². The van der Waals surface area contributed by atoms with Gasteiger partial charge in [0.1, 0.15) is 6.61 Å². The van der Waals surface area contributed by atoms with Crippen molar-refractivity contribution in [1.82, 2.24) is 5.32 Å². The Balaban J connectivity index is 1.53. The monoisotopic (exact) mass is 537 g/mol. The van der Waals surface area contributed by atoms with Gasteiger partial charge in [-0.1, -0.05) is 73.7 Å². The van der Waals surface area contributed by atoms with Crippen LogP contribution in [0.5, 0.6) is 11.5 Å². The first-order valence-corrected chi connectivity index (χ1v) is 13.8. The number of benzene rings is 3. The van der Waals surface area contributed by atoms with E-state index < -0.39 is 11.9 Å². The number of Topliss-reactive ketones (excluding diaryl/α,β-unsaturated/α-hetero) is 1. The Kier molecular flexibility index (Phi) is 8.34. The Morgan fingerprint density at radius 3 is 2.35 bits per heavy atom. The number of dihydropyridines is 1. The summed E-state index contributed by atoms with van der Waals surface area (Å²) in [6, 6.07) is 25.7. The van der Waals surface area contributed by atoms with Crippen LogP contribution in [0.25, 0.3) is 0 Å². The van der Waals surface area contributed by atoms with Crippen molar-refractivity contribution in [2.45, 2.75) is 51.6 Å². The molecule has 2 atom stereocenters. The molecular formula is C34H35NO5. The van der Waals surface area contributed by atoms with Crippen LogP contribution in [0.3, 0.4) is 0 Å². The quantitative estimate of drug-likeness (QED) is 0.311. The predicted molar refractivity (Wildman–Crippen MR) is 154 cm³/mol. The van der Waals surface area contributed by atoms with Gasteiger partial charge >= 0.3 is 5.97 Å². The molecule has 206 valence electrons. The second-order valence-electron chi connectivity index (χ2n) is 10.2. The van der Waals surface area contributed by atoms with E-state index in [1.54, 1.807) is 7.11 Å². The van der Waals surface area contributed by atoms with Crippen molar-refractivity contribution in [2.75, 3.05) is 13.7 Å². The minimum atomic E-state index is -0.568. The Hall–Kier alpha value is -4.32. The Bertz CT molecular complexity index is 1440. The topological polar surface area (TPSA) is 73.9 Å². The highest BCUT2D eigenvalue weighted by Gasteiger charge is 2.41. The molecule has 0 saturated heterocycles. The highest BCUT2D eigenvalue weighted by Crippen LogP contribution is 2.47. The smallest absolute Gasteiger partial charge is 0.336 e. The molecule has 0 bridgehead atoms. The van der Waals surface area contributed by atoms with Crippen LogP contribution < -0.4 is 14.8 Å². The summed E-state index contributed by atoms with van der Waals surface area (Å²) < 4.78 is 17.4. The summed E-state index contributed by atoms with van der Waals surface area (Å²) in [6.45, 7) is 4.55. The zero-order chi connectivity index (χ0) is 28.1. The average Bonchev–Trinajstić information content (AvgIpc) is 2.98. The van der Waals surface area contributed by atoms with Gasteiger partial charge < -0.3 is 19.5 Å². The fraction of sp³-hybridized carbons (Fsp3) is 0.294. The zero-order valence-electron chi connectivity index (χ0n) is 23.2. The van der Waals surface area contributed by atoms with E-state index in [4.69, 9.17) is 14.2 Å². The van der Waals surface area contributed by atoms with Crippen LogP contribution in [-0.2, 0) is 20.9 Å². The molecule has 1 aliphatic carbocycles. The third-order valence-electron chi connectivity index (χ3n) is 7.51. The summed E-state index contributed by atoms with van der Waals surface area (Å²) in [6.07, 6.45) is 1.78. The molecule has 3 aromatic rings. The number of rotatable bonds is 9. The number of carbonyl (C=O) groups is 2. The van der Waals surface area contributed by atoms with Gasteiger partial charge in [-0.15, -0.1) is 0 Å². The lowest BCUT2D eigenvalue weighted by Crippen LogP contribution is -2.36. The molecule has 40 heavy (non-hydrogen) atoms. The molecule has 5 rings (SSSR count). The third-order valence-corrected chi connectivity index (χ3v) is 7.51. The molecule has 0 saturated carbocycles. The molecule has 1 aliphatic heterocycles. The zero-order valence-corrected chi connectivity index (χ0v) is 23.2. The van der Waals surface area contributed by atoms with Crippen LogP contribution in [0.15, 0.2) is 101 Å². The molecular weight excluding hydrogens is 502 g/mol. The lowest BCUT2D eigenvalue weighted by Gasteiger charge is -2.36. The van der Waals surface area contributed by atoms with E-state index in [0.29, 0.717) is 60.8 Å². The minimum Gasteiger partial charge on any atom is -0.493 e. The van der Waals surface area contributed by atoms with Gasteiger partial charge in [-0.05, 0) is 54.5 Å². The van der Waals surface area contributed by atoms with Crippen molar-refractivity contribution >= 4 is 11.8 Å². The number of esters is 1. The molecule has 3 aromatic carbocycles. The van der Waals surface area contributed by atoms with Gasteiger partial charge in [0.25, 0.3) is 0 Å². The van der Waals surface area contributed by atoms with Crippen LogP contribution in [0, 0.1) is 0 Å². The van der Waals surface area contributed by atoms with Crippen LogP contribution >= 0.6 is 0 Å². The standard InChI is InChI=1S/C34H35NO5/c1-4-17-39-34(37)31-22(2)35-27-18-26(24-13-9-6-10-14-24)19-28(36)33(27)32(31)25-15-16-29(30(20-25)38-3)40-21-23-11-7-5-8-12-23/h5-16,20,26,32,35H,4,17-19,21H2,1-3H3/t26-,32-/m0/s1. The maximum absolute atomic E-state index is 13.8. The number of nitrogens with one attached hydrogen (secondary N) is 1. The molecule has 0 unspecified atom stereocenters. The van der Waals surface area contributed by atoms with E-state index >= 15 is 0 Å². The summed E-state index contributed by atoms with van der Waals surface area (Å²) in [5, 5.41) is 3.42. The molecule has 2 aliphatic rings. The molecule has 0 fully saturated rings. The van der Waals surface area contributed by atoms with Gasteiger partial charge in [0.2, 0.25) is 0 Å². The largest absolute Gasteiger partial charge is 0.493 e. The Labute approximate surface area is 235 Å². The highest BCUT2D eigenvalue weighted by molar-refractivity contribution is 6.04. The maximum atomic E-state index is 13.8. The average molecular weight is 538 g/mol. The van der Waals surface area contributed by atoms with Gasteiger partial charge in [-0.2, -0.15) is 0 Å². The third kappa shape index (κ3) is 5.67. The summed E-state index contributed by atoms with van der Waals surface area (Å²) in [5.41, 5.74) is 5.61. The van der Waals surface area contributed by atoms with Gasteiger partial charge in [0, 0.05) is 29.3 Å². The van der Waals surface area contributed by atoms with E-state index in [1.165, 1.54) is 0 Å². The number of carbonyl (C=O) groups excluding carboxylic acids is 2. The molecule has 6 heteroatoms. The van der Waals surface area contributed by atoms with Crippen molar-refractivity contribution in [3.8, 4) is 11.5 Å². The molecule has 6 nitrogen and oxygen atoms in total. The van der Waals surface area contributed by atoms with Gasteiger partial charge in [0.15, 0.2) is 17.3 Å². The fourth-order valence-electron chi connectivity index (χ4n) is 5.59. The number of hydrogen-bond acceptors (Lipinski definition) is 6. The van der Waals surface area contributed by atoms with Gasteiger partial charge in [-0.25, -0.2) is 4.79 Å². The van der Waals surface area contributed by atoms with Gasteiger partial charge in [0.05, 0.1) is 19.3 Å². The summed E-state index contributed by atoms with van der Waals surface area (Å²) in [5.74, 6) is 0.257. The summed E-state index contributed by atoms with van der Waals surface area (Å²) in [4.78, 5) is 27.2. The number of methoxy groups -OCH3 is 1. The second-order valence-corrected chi connectivity index (χ2v) is 10.2. The SMILES string of the molecule is CCCOC(=O)C1=C(C)NC2=C(C(=O)C[C@@H](c3ccccc3)C2)[C@H]1c1ccc(OCc2ccccc2)c(OC)c1. The van der Waals surface area contributed by atoms with Crippen molar-refractivity contribution in [3.05, 3.63) is 118 Å². The predicted octanol–water partition coefficient (Wildman–Crippen LogP) is 6.59. The molecule has 0 radical (unpaired) electrons. The minimum absolute atomic E-state index is 0.0317. The molecule has 0 amide bonds. The number of ketones is 1. The van der Waals surface area contributed by atoms with Crippen LogP contribution in [-0.4, -0.2) is 25.5 Å².